The standard InChI is InChI=1S/C12H19N3O/c1-8-6-10(15-7-9(2)16-3)4-5-11(8)12(13)14/h4-6,9,15H,7H2,1-3H3,(H3,13,14). The topological polar surface area (TPSA) is 71.1 Å². The number of amidine groups is 1. The minimum absolute atomic E-state index is 0.106. The molecule has 1 atom stereocenters. The highest BCUT2D eigenvalue weighted by molar-refractivity contribution is 5.96. The second-order valence-corrected chi connectivity index (χ2v) is 3.87. The summed E-state index contributed by atoms with van der Waals surface area (Å²) in [5.74, 6) is 0.106. The van der Waals surface area contributed by atoms with Crippen molar-refractivity contribution < 1.29 is 4.74 Å². The maximum Gasteiger partial charge on any atom is 0.123 e. The second kappa shape index (κ2) is 5.51. The molecule has 0 aliphatic heterocycles. The Morgan fingerprint density at radius 2 is 2.25 bits per heavy atom. The van der Waals surface area contributed by atoms with Crippen LogP contribution in [0.4, 0.5) is 5.69 Å². The summed E-state index contributed by atoms with van der Waals surface area (Å²) in [6, 6.07) is 5.77. The van der Waals surface area contributed by atoms with Gasteiger partial charge < -0.3 is 15.8 Å². The summed E-state index contributed by atoms with van der Waals surface area (Å²) in [4.78, 5) is 0. The molecule has 4 heteroatoms. The van der Waals surface area contributed by atoms with Gasteiger partial charge in [0.05, 0.1) is 6.10 Å². The van der Waals surface area contributed by atoms with Crippen LogP contribution in [0.2, 0.25) is 0 Å². The number of nitrogen functional groups attached to an aromatic ring is 1. The van der Waals surface area contributed by atoms with Gasteiger partial charge in [0.25, 0.3) is 0 Å². The van der Waals surface area contributed by atoms with Gasteiger partial charge in [0.15, 0.2) is 0 Å². The minimum Gasteiger partial charge on any atom is -0.384 e. The lowest BCUT2D eigenvalue weighted by molar-refractivity contribution is 0.129. The molecule has 0 saturated carbocycles. The van der Waals surface area contributed by atoms with Gasteiger partial charge in [-0.05, 0) is 37.6 Å². The fraction of sp³-hybridized carbons (Fsp3) is 0.417. The summed E-state index contributed by atoms with van der Waals surface area (Å²) < 4.78 is 5.15. The number of nitrogens with one attached hydrogen (secondary N) is 2. The molecule has 1 unspecified atom stereocenters. The van der Waals surface area contributed by atoms with Crippen LogP contribution >= 0.6 is 0 Å². The lowest BCUT2D eigenvalue weighted by atomic mass is 10.1. The van der Waals surface area contributed by atoms with E-state index < -0.39 is 0 Å². The first kappa shape index (κ1) is 12.5. The van der Waals surface area contributed by atoms with E-state index >= 15 is 0 Å². The van der Waals surface area contributed by atoms with E-state index in [0.29, 0.717) is 0 Å². The Morgan fingerprint density at radius 1 is 1.56 bits per heavy atom. The first-order valence-electron chi connectivity index (χ1n) is 5.26. The predicted molar refractivity (Wildman–Crippen MR) is 67.2 cm³/mol. The Hall–Kier alpha value is -1.55. The first-order chi connectivity index (χ1) is 7.54. The number of anilines is 1. The highest BCUT2D eigenvalue weighted by Gasteiger charge is 2.03. The molecule has 0 bridgehead atoms. The van der Waals surface area contributed by atoms with E-state index in [4.69, 9.17) is 15.9 Å². The van der Waals surface area contributed by atoms with Crippen molar-refractivity contribution >= 4 is 11.5 Å². The van der Waals surface area contributed by atoms with E-state index in [9.17, 15) is 0 Å². The molecule has 4 N–H and O–H groups in total. The minimum atomic E-state index is 0.106. The maximum atomic E-state index is 7.38. The van der Waals surface area contributed by atoms with Gasteiger partial charge in [-0.3, -0.25) is 5.41 Å². The molecular weight excluding hydrogens is 202 g/mol. The van der Waals surface area contributed by atoms with E-state index in [2.05, 4.69) is 5.32 Å². The number of aryl methyl sites for hydroxylation is 1. The van der Waals surface area contributed by atoms with Gasteiger partial charge >= 0.3 is 0 Å². The fourth-order valence-corrected chi connectivity index (χ4v) is 1.42. The summed E-state index contributed by atoms with van der Waals surface area (Å²) >= 11 is 0. The molecular formula is C12H19N3O. The fourth-order valence-electron chi connectivity index (χ4n) is 1.42. The Labute approximate surface area is 96.3 Å². The van der Waals surface area contributed by atoms with Gasteiger partial charge in [-0.1, -0.05) is 0 Å². The van der Waals surface area contributed by atoms with Crippen LogP contribution in [0.1, 0.15) is 18.1 Å². The largest absolute Gasteiger partial charge is 0.384 e. The van der Waals surface area contributed by atoms with Crippen LogP contribution in [0.15, 0.2) is 18.2 Å². The third-order valence-electron chi connectivity index (χ3n) is 2.51. The molecule has 0 saturated heterocycles. The van der Waals surface area contributed by atoms with Gasteiger partial charge in [-0.15, -0.1) is 0 Å². The first-order valence-corrected chi connectivity index (χ1v) is 5.26. The summed E-state index contributed by atoms with van der Waals surface area (Å²) in [5, 5.41) is 10.7. The van der Waals surface area contributed by atoms with Crippen molar-refractivity contribution in [3.05, 3.63) is 29.3 Å². The predicted octanol–water partition coefficient (Wildman–Crippen LogP) is 1.73. The zero-order valence-corrected chi connectivity index (χ0v) is 10.0. The number of methoxy groups -OCH3 is 1. The number of benzene rings is 1. The summed E-state index contributed by atoms with van der Waals surface area (Å²) in [7, 11) is 1.69. The lowest BCUT2D eigenvalue weighted by Gasteiger charge is -2.13. The molecule has 16 heavy (non-hydrogen) atoms. The Balaban J connectivity index is 2.70. The number of nitrogens with two attached hydrogens (primary N) is 1. The molecule has 1 rings (SSSR count). The zero-order valence-electron chi connectivity index (χ0n) is 10.0. The Morgan fingerprint density at radius 3 is 2.75 bits per heavy atom. The molecule has 4 nitrogen and oxygen atoms in total. The van der Waals surface area contributed by atoms with E-state index in [1.807, 2.05) is 32.0 Å². The third-order valence-corrected chi connectivity index (χ3v) is 2.51. The SMILES string of the molecule is COC(C)CNc1ccc(C(=N)N)c(C)c1. The second-order valence-electron chi connectivity index (χ2n) is 3.87. The smallest absolute Gasteiger partial charge is 0.123 e. The average Bonchev–Trinajstić information content (AvgIpc) is 2.25. The maximum absolute atomic E-state index is 7.38. The summed E-state index contributed by atoms with van der Waals surface area (Å²) in [6.07, 6.45) is 0.174. The highest BCUT2D eigenvalue weighted by atomic mass is 16.5. The highest BCUT2D eigenvalue weighted by Crippen LogP contribution is 2.14. The number of hydrogen-bond donors (Lipinski definition) is 3. The van der Waals surface area contributed by atoms with Crippen molar-refractivity contribution in [2.75, 3.05) is 19.0 Å². The molecule has 88 valence electrons. The Bertz CT molecular complexity index is 377. The molecule has 0 heterocycles. The summed E-state index contributed by atoms with van der Waals surface area (Å²) in [6.45, 7) is 4.71. The van der Waals surface area contributed by atoms with E-state index in [1.165, 1.54) is 0 Å². The molecule has 0 aliphatic rings. The number of ether oxygens (including phenoxy) is 1. The normalized spacial score (nSPS) is 12.2. The summed E-state index contributed by atoms with van der Waals surface area (Å²) in [5.41, 5.74) is 8.26. The van der Waals surface area contributed by atoms with Crippen LogP contribution in [-0.4, -0.2) is 25.6 Å². The van der Waals surface area contributed by atoms with Gasteiger partial charge in [0.2, 0.25) is 0 Å². The van der Waals surface area contributed by atoms with Gasteiger partial charge in [0, 0.05) is 24.9 Å². The molecule has 0 radical (unpaired) electrons. The van der Waals surface area contributed by atoms with Crippen molar-refractivity contribution in [3.63, 3.8) is 0 Å². The van der Waals surface area contributed by atoms with Gasteiger partial charge in [0.1, 0.15) is 5.84 Å². The zero-order chi connectivity index (χ0) is 12.1. The van der Waals surface area contributed by atoms with Crippen LogP contribution in [0.5, 0.6) is 0 Å². The van der Waals surface area contributed by atoms with E-state index in [1.54, 1.807) is 7.11 Å². The van der Waals surface area contributed by atoms with E-state index in [0.717, 1.165) is 23.4 Å². The number of hydrogen-bond acceptors (Lipinski definition) is 3. The molecule has 0 spiro atoms. The Kier molecular flexibility index (Phi) is 4.31. The molecule has 0 aliphatic carbocycles. The van der Waals surface area contributed by atoms with Crippen molar-refractivity contribution in [2.24, 2.45) is 5.73 Å². The van der Waals surface area contributed by atoms with Crippen LogP contribution < -0.4 is 11.1 Å². The van der Waals surface area contributed by atoms with Crippen LogP contribution in [0, 0.1) is 12.3 Å². The van der Waals surface area contributed by atoms with Crippen molar-refractivity contribution in [2.45, 2.75) is 20.0 Å². The molecule has 0 aromatic heterocycles. The van der Waals surface area contributed by atoms with Crippen LogP contribution in [0.3, 0.4) is 0 Å². The quantitative estimate of drug-likeness (QED) is 0.523. The number of rotatable bonds is 5. The van der Waals surface area contributed by atoms with Crippen LogP contribution in [0.25, 0.3) is 0 Å². The average molecular weight is 221 g/mol. The molecule has 1 aromatic carbocycles. The molecule has 1 aromatic rings. The lowest BCUT2D eigenvalue weighted by Crippen LogP contribution is -2.18. The van der Waals surface area contributed by atoms with Gasteiger partial charge in [-0.25, -0.2) is 0 Å². The van der Waals surface area contributed by atoms with Crippen molar-refractivity contribution in [3.8, 4) is 0 Å². The van der Waals surface area contributed by atoms with Crippen LogP contribution in [-0.2, 0) is 4.74 Å². The third kappa shape index (κ3) is 3.24. The molecule has 0 amide bonds. The van der Waals surface area contributed by atoms with Gasteiger partial charge in [-0.2, -0.15) is 0 Å². The monoisotopic (exact) mass is 221 g/mol. The molecule has 0 fully saturated rings. The van der Waals surface area contributed by atoms with Crippen molar-refractivity contribution in [1.29, 1.82) is 5.41 Å². The van der Waals surface area contributed by atoms with Crippen molar-refractivity contribution in [1.82, 2.24) is 0 Å². The van der Waals surface area contributed by atoms with E-state index in [-0.39, 0.29) is 11.9 Å².